The molecule has 1 aliphatic rings. The molecule has 1 amide bonds. The molecule has 4 heteroatoms. The van der Waals surface area contributed by atoms with Gasteiger partial charge in [-0.1, -0.05) is 40.2 Å². The van der Waals surface area contributed by atoms with E-state index in [9.17, 15) is 4.79 Å². The second kappa shape index (κ2) is 6.27. The van der Waals surface area contributed by atoms with E-state index in [1.807, 2.05) is 0 Å². The first-order valence-electron chi connectivity index (χ1n) is 7.59. The van der Waals surface area contributed by atoms with Crippen molar-refractivity contribution in [2.24, 2.45) is 11.8 Å². The third-order valence-electron chi connectivity index (χ3n) is 4.57. The smallest absolute Gasteiger partial charge is 0.241 e. The van der Waals surface area contributed by atoms with Gasteiger partial charge in [0.05, 0.1) is 6.04 Å². The Morgan fingerprint density at radius 3 is 2.55 bits per heavy atom. The molecule has 1 aliphatic heterocycles. The minimum atomic E-state index is -0.0479. The second-order valence-corrected chi connectivity index (χ2v) is 7.16. The average Bonchev–Trinajstić information content (AvgIpc) is 3.04. The lowest BCUT2D eigenvalue weighted by Crippen LogP contribution is -2.41. The van der Waals surface area contributed by atoms with Gasteiger partial charge < -0.3 is 4.90 Å². The van der Waals surface area contributed by atoms with Crippen LogP contribution in [0.5, 0.6) is 0 Å². The van der Waals surface area contributed by atoms with E-state index in [4.69, 9.17) is 0 Å². The molecule has 4 unspecified atom stereocenters. The highest BCUT2D eigenvalue weighted by Crippen LogP contribution is 2.34. The van der Waals surface area contributed by atoms with Crippen LogP contribution in [0.4, 0.5) is 0 Å². The third-order valence-corrected chi connectivity index (χ3v) is 5.49. The van der Waals surface area contributed by atoms with Crippen molar-refractivity contribution in [3.05, 3.63) is 22.4 Å². The summed E-state index contributed by atoms with van der Waals surface area (Å²) < 4.78 is 0. The van der Waals surface area contributed by atoms with E-state index in [2.05, 4.69) is 62.3 Å². The lowest BCUT2D eigenvalue weighted by molar-refractivity contribution is -0.133. The largest absolute Gasteiger partial charge is 0.318 e. The maximum Gasteiger partial charge on any atom is 0.241 e. The van der Waals surface area contributed by atoms with Gasteiger partial charge in [0.2, 0.25) is 5.91 Å². The molecule has 2 heterocycles. The summed E-state index contributed by atoms with van der Waals surface area (Å²) >= 11 is 1.72. The number of hydrogen-bond donors (Lipinski definition) is 1. The predicted octanol–water partition coefficient (Wildman–Crippen LogP) is 3.64. The molecule has 0 spiro atoms. The van der Waals surface area contributed by atoms with Gasteiger partial charge in [0.1, 0.15) is 6.17 Å². The van der Waals surface area contributed by atoms with Gasteiger partial charge >= 0.3 is 0 Å². The number of thiophene rings is 1. The van der Waals surface area contributed by atoms with Crippen molar-refractivity contribution in [3.63, 3.8) is 0 Å². The Labute approximate surface area is 126 Å². The van der Waals surface area contributed by atoms with E-state index in [0.717, 1.165) is 6.42 Å². The van der Waals surface area contributed by atoms with E-state index in [-0.39, 0.29) is 24.2 Å². The standard InChI is InChI=1S/C16H26N2OS/c1-6-11(4)14-16(19)18(12(5)10(2)3)15(17-14)13-8-7-9-20-13/h7-12,14-15,17H,6H2,1-5H3. The van der Waals surface area contributed by atoms with Crippen molar-refractivity contribution < 1.29 is 4.79 Å². The molecule has 20 heavy (non-hydrogen) atoms. The summed E-state index contributed by atoms with van der Waals surface area (Å²) in [5.74, 6) is 1.09. The van der Waals surface area contributed by atoms with Crippen LogP contribution in [0.15, 0.2) is 17.5 Å². The van der Waals surface area contributed by atoms with Crippen LogP contribution in [0.3, 0.4) is 0 Å². The fraction of sp³-hybridized carbons (Fsp3) is 0.688. The molecule has 4 atom stereocenters. The van der Waals surface area contributed by atoms with Gasteiger partial charge in [0, 0.05) is 10.9 Å². The van der Waals surface area contributed by atoms with Gasteiger partial charge in [-0.3, -0.25) is 10.1 Å². The molecular formula is C16H26N2OS. The summed E-state index contributed by atoms with van der Waals surface area (Å²) in [5, 5.41) is 5.65. The van der Waals surface area contributed by atoms with Crippen LogP contribution >= 0.6 is 11.3 Å². The predicted molar refractivity (Wildman–Crippen MR) is 84.6 cm³/mol. The van der Waals surface area contributed by atoms with Crippen LogP contribution in [-0.2, 0) is 4.79 Å². The van der Waals surface area contributed by atoms with Gasteiger partial charge in [-0.15, -0.1) is 11.3 Å². The number of carbonyl (C=O) groups is 1. The monoisotopic (exact) mass is 294 g/mol. The first kappa shape index (κ1) is 15.5. The highest BCUT2D eigenvalue weighted by molar-refractivity contribution is 7.10. The van der Waals surface area contributed by atoms with E-state index in [1.165, 1.54) is 4.88 Å². The van der Waals surface area contributed by atoms with Crippen molar-refractivity contribution in [3.8, 4) is 0 Å². The Hall–Kier alpha value is -0.870. The lowest BCUT2D eigenvalue weighted by Gasteiger charge is -2.32. The van der Waals surface area contributed by atoms with Crippen molar-refractivity contribution >= 4 is 17.2 Å². The van der Waals surface area contributed by atoms with Crippen LogP contribution in [-0.4, -0.2) is 22.9 Å². The summed E-state index contributed by atoms with van der Waals surface area (Å²) in [5.41, 5.74) is 0. The maximum atomic E-state index is 12.8. The molecule has 1 saturated heterocycles. The molecule has 0 aromatic carbocycles. The fourth-order valence-corrected chi connectivity index (χ4v) is 3.46. The fourth-order valence-electron chi connectivity index (χ4n) is 2.68. The zero-order valence-corrected chi connectivity index (χ0v) is 13.9. The molecule has 2 rings (SSSR count). The molecule has 0 radical (unpaired) electrons. The van der Waals surface area contributed by atoms with Crippen LogP contribution in [0.25, 0.3) is 0 Å². The Morgan fingerprint density at radius 2 is 2.05 bits per heavy atom. The van der Waals surface area contributed by atoms with Crippen molar-refractivity contribution in [1.82, 2.24) is 10.2 Å². The molecule has 0 bridgehead atoms. The zero-order chi connectivity index (χ0) is 14.9. The van der Waals surface area contributed by atoms with Crippen LogP contribution < -0.4 is 5.32 Å². The Balaban J connectivity index is 2.30. The van der Waals surface area contributed by atoms with E-state index < -0.39 is 0 Å². The topological polar surface area (TPSA) is 32.3 Å². The number of amides is 1. The van der Waals surface area contributed by atoms with Gasteiger partial charge in [-0.2, -0.15) is 0 Å². The minimum absolute atomic E-state index is 0.0406. The Kier molecular flexibility index (Phi) is 4.86. The number of carbonyl (C=O) groups excluding carboxylic acids is 1. The molecule has 112 valence electrons. The van der Waals surface area contributed by atoms with Crippen LogP contribution in [0.2, 0.25) is 0 Å². The van der Waals surface area contributed by atoms with Crippen LogP contribution in [0, 0.1) is 11.8 Å². The molecule has 1 aromatic rings. The number of nitrogens with zero attached hydrogens (tertiary/aromatic N) is 1. The van der Waals surface area contributed by atoms with Crippen molar-refractivity contribution in [2.45, 2.75) is 59.3 Å². The molecule has 0 saturated carbocycles. The SMILES string of the molecule is CCC(C)C1NC(c2cccs2)N(C(C)C(C)C)C1=O. The first-order valence-corrected chi connectivity index (χ1v) is 8.47. The first-order chi connectivity index (χ1) is 9.47. The molecule has 0 aliphatic carbocycles. The van der Waals surface area contributed by atoms with Gasteiger partial charge in [-0.05, 0) is 30.2 Å². The summed E-state index contributed by atoms with van der Waals surface area (Å²) in [6, 6.07) is 4.37. The summed E-state index contributed by atoms with van der Waals surface area (Å²) in [4.78, 5) is 16.1. The van der Waals surface area contributed by atoms with Gasteiger partial charge in [0.15, 0.2) is 0 Å². The molecule has 1 N–H and O–H groups in total. The van der Waals surface area contributed by atoms with E-state index in [0.29, 0.717) is 11.8 Å². The average molecular weight is 294 g/mol. The van der Waals surface area contributed by atoms with Crippen LogP contribution in [0.1, 0.15) is 52.1 Å². The summed E-state index contributed by atoms with van der Waals surface area (Å²) in [7, 11) is 0. The normalized spacial score (nSPS) is 26.3. The number of hydrogen-bond acceptors (Lipinski definition) is 3. The molecule has 1 fully saturated rings. The Bertz CT molecular complexity index is 443. The minimum Gasteiger partial charge on any atom is -0.318 e. The van der Waals surface area contributed by atoms with E-state index >= 15 is 0 Å². The molecule has 3 nitrogen and oxygen atoms in total. The van der Waals surface area contributed by atoms with Crippen molar-refractivity contribution in [2.75, 3.05) is 0 Å². The summed E-state index contributed by atoms with van der Waals surface area (Å²) in [6.45, 7) is 10.8. The highest BCUT2D eigenvalue weighted by Gasteiger charge is 2.44. The third kappa shape index (κ3) is 2.77. The zero-order valence-electron chi connectivity index (χ0n) is 13.1. The lowest BCUT2D eigenvalue weighted by atomic mass is 9.98. The highest BCUT2D eigenvalue weighted by atomic mass is 32.1. The molecule has 1 aromatic heterocycles. The quantitative estimate of drug-likeness (QED) is 0.899. The second-order valence-electron chi connectivity index (χ2n) is 6.18. The summed E-state index contributed by atoms with van der Waals surface area (Å²) in [6.07, 6.45) is 1.06. The van der Waals surface area contributed by atoms with E-state index in [1.54, 1.807) is 11.3 Å². The number of nitrogens with one attached hydrogen (secondary N) is 1. The van der Waals surface area contributed by atoms with Crippen molar-refractivity contribution in [1.29, 1.82) is 0 Å². The Morgan fingerprint density at radius 1 is 1.35 bits per heavy atom. The molecular weight excluding hydrogens is 268 g/mol. The maximum absolute atomic E-state index is 12.8. The van der Waals surface area contributed by atoms with Gasteiger partial charge in [0.25, 0.3) is 0 Å². The number of rotatable bonds is 5. The van der Waals surface area contributed by atoms with Gasteiger partial charge in [-0.25, -0.2) is 0 Å².